The molecule has 3 aromatic carbocycles. The Labute approximate surface area is 221 Å². The van der Waals surface area contributed by atoms with E-state index in [-0.39, 0.29) is 51.4 Å². The summed E-state index contributed by atoms with van der Waals surface area (Å²) < 4.78 is 5.76. The zero-order valence-electron chi connectivity index (χ0n) is 19.7. The molecule has 2 atom stereocenters. The van der Waals surface area contributed by atoms with Crippen LogP contribution in [0.2, 0.25) is 5.02 Å². The number of halogens is 1. The van der Waals surface area contributed by atoms with E-state index in [0.717, 1.165) is 27.3 Å². The fraction of sp³-hybridized carbons (Fsp3) is 0.138. The molecule has 1 fully saturated rings. The van der Waals surface area contributed by atoms with Gasteiger partial charge in [0.2, 0.25) is 0 Å². The topological polar surface area (TPSA) is 106 Å². The molecule has 0 saturated carbocycles. The molecule has 0 N–H and O–H groups in total. The van der Waals surface area contributed by atoms with E-state index in [0.29, 0.717) is 0 Å². The minimum atomic E-state index is -0.537. The van der Waals surface area contributed by atoms with Gasteiger partial charge >= 0.3 is 0 Å². The second kappa shape index (κ2) is 8.22. The molecule has 38 heavy (non-hydrogen) atoms. The van der Waals surface area contributed by atoms with Crippen LogP contribution in [0.15, 0.2) is 88.4 Å². The molecule has 2 heterocycles. The first-order valence-electron chi connectivity index (χ1n) is 12.1. The normalized spacial score (nSPS) is 23.0. The van der Waals surface area contributed by atoms with Crippen molar-refractivity contribution in [3.05, 3.63) is 122 Å². The molecule has 4 aromatic rings. The number of rotatable bonds is 4. The quantitative estimate of drug-likeness (QED) is 0.147. The van der Waals surface area contributed by atoms with Gasteiger partial charge in [0, 0.05) is 22.9 Å². The Kier molecular flexibility index (Phi) is 4.90. The first kappa shape index (κ1) is 22.6. The second-order valence-corrected chi connectivity index (χ2v) is 10.1. The van der Waals surface area contributed by atoms with E-state index >= 15 is 0 Å². The Morgan fingerprint density at radius 3 is 1.92 bits per heavy atom. The number of carbonyl (C=O) groups is 2. The van der Waals surface area contributed by atoms with Gasteiger partial charge in [-0.1, -0.05) is 60.1 Å². The maximum absolute atomic E-state index is 13.6. The zero-order chi connectivity index (χ0) is 26.1. The van der Waals surface area contributed by atoms with Crippen LogP contribution in [-0.4, -0.2) is 28.0 Å². The standard InChI is InChI=1S/C29H18ClN3O5/c30-15-9-11-21(22(13-15)33(36)37)23-12-10-16(38-23)14-31-32-28(34)26-24-17-5-1-2-6-18(17)25(27(26)29(32)35)20-8-4-3-7-19(20)24/h1-14,24-27H/b31-14-/t24?,25?,26-,27-/m0/s1. The van der Waals surface area contributed by atoms with Gasteiger partial charge in [0.15, 0.2) is 0 Å². The second-order valence-electron chi connectivity index (χ2n) is 9.62. The molecule has 1 aromatic heterocycles. The average molecular weight is 524 g/mol. The van der Waals surface area contributed by atoms with E-state index in [9.17, 15) is 19.7 Å². The van der Waals surface area contributed by atoms with Gasteiger partial charge in [0.1, 0.15) is 11.5 Å². The van der Waals surface area contributed by atoms with Gasteiger partial charge < -0.3 is 4.42 Å². The van der Waals surface area contributed by atoms with E-state index in [4.69, 9.17) is 16.0 Å². The van der Waals surface area contributed by atoms with Crippen LogP contribution in [0.5, 0.6) is 0 Å². The molecule has 1 aliphatic heterocycles. The zero-order valence-corrected chi connectivity index (χ0v) is 20.4. The number of hydrazone groups is 1. The Hall–Kier alpha value is -4.56. The monoisotopic (exact) mass is 523 g/mol. The molecule has 8 nitrogen and oxygen atoms in total. The molecule has 2 amide bonds. The Morgan fingerprint density at radius 1 is 0.842 bits per heavy atom. The smallest absolute Gasteiger partial charge is 0.281 e. The lowest BCUT2D eigenvalue weighted by Crippen LogP contribution is -2.41. The molecular formula is C29H18ClN3O5. The fourth-order valence-corrected chi connectivity index (χ4v) is 6.49. The van der Waals surface area contributed by atoms with Gasteiger partial charge in [0.05, 0.1) is 28.5 Å². The Morgan fingerprint density at radius 2 is 1.39 bits per heavy atom. The third kappa shape index (κ3) is 3.13. The number of hydrogen-bond acceptors (Lipinski definition) is 6. The summed E-state index contributed by atoms with van der Waals surface area (Å²) in [6.45, 7) is 0. The van der Waals surface area contributed by atoms with Crippen molar-refractivity contribution in [2.45, 2.75) is 11.8 Å². The van der Waals surface area contributed by atoms with Crippen molar-refractivity contribution in [3.8, 4) is 11.3 Å². The van der Waals surface area contributed by atoms with E-state index in [2.05, 4.69) is 5.10 Å². The summed E-state index contributed by atoms with van der Waals surface area (Å²) in [5.74, 6) is -1.67. The number of amides is 2. The van der Waals surface area contributed by atoms with Crippen LogP contribution in [0, 0.1) is 22.0 Å². The van der Waals surface area contributed by atoms with E-state index < -0.39 is 16.8 Å². The number of nitro groups is 1. The summed E-state index contributed by atoms with van der Waals surface area (Å²) >= 11 is 5.91. The summed E-state index contributed by atoms with van der Waals surface area (Å²) in [4.78, 5) is 38.2. The lowest BCUT2D eigenvalue weighted by molar-refractivity contribution is -0.384. The first-order valence-corrected chi connectivity index (χ1v) is 12.5. The van der Waals surface area contributed by atoms with Gasteiger partial charge in [-0.2, -0.15) is 10.1 Å². The van der Waals surface area contributed by atoms with Gasteiger partial charge in [-0.25, -0.2) is 0 Å². The maximum atomic E-state index is 13.6. The molecule has 9 heteroatoms. The van der Waals surface area contributed by atoms with Crippen LogP contribution in [0.25, 0.3) is 11.3 Å². The SMILES string of the molecule is O=C1[C@H]2C3c4ccccc4C(c4ccccc43)[C@@H]2C(=O)N1/N=C\c1ccc(-c2ccc(Cl)cc2[N+](=O)[O-])o1. The van der Waals surface area contributed by atoms with E-state index in [1.54, 1.807) is 12.1 Å². The molecule has 0 spiro atoms. The summed E-state index contributed by atoms with van der Waals surface area (Å²) in [7, 11) is 0. The summed E-state index contributed by atoms with van der Waals surface area (Å²) in [5.41, 5.74) is 4.41. The fourth-order valence-electron chi connectivity index (χ4n) is 6.32. The van der Waals surface area contributed by atoms with Crippen molar-refractivity contribution in [1.29, 1.82) is 0 Å². The van der Waals surface area contributed by atoms with Crippen LogP contribution in [-0.2, 0) is 9.59 Å². The van der Waals surface area contributed by atoms with Gasteiger partial charge in [-0.3, -0.25) is 19.7 Å². The number of nitrogens with zero attached hydrogens (tertiary/aromatic N) is 3. The van der Waals surface area contributed by atoms with E-state index in [1.807, 2.05) is 48.5 Å². The van der Waals surface area contributed by atoms with Crippen LogP contribution < -0.4 is 0 Å². The van der Waals surface area contributed by atoms with Crippen LogP contribution in [0.1, 0.15) is 39.8 Å². The molecular weight excluding hydrogens is 506 g/mol. The minimum absolute atomic E-state index is 0.195. The van der Waals surface area contributed by atoms with Gasteiger partial charge in [-0.15, -0.1) is 0 Å². The average Bonchev–Trinajstić information content (AvgIpc) is 3.50. The van der Waals surface area contributed by atoms with Crippen molar-refractivity contribution < 1.29 is 18.9 Å². The van der Waals surface area contributed by atoms with Crippen molar-refractivity contribution in [3.63, 3.8) is 0 Å². The summed E-state index contributed by atoms with van der Waals surface area (Å²) in [5, 5.41) is 16.9. The highest BCUT2D eigenvalue weighted by Crippen LogP contribution is 2.60. The molecule has 2 bridgehead atoms. The number of furan rings is 1. The lowest BCUT2D eigenvalue weighted by atomic mass is 9.55. The molecule has 1 saturated heterocycles. The molecule has 3 aliphatic carbocycles. The molecule has 0 unspecified atom stereocenters. The third-order valence-electron chi connectivity index (χ3n) is 7.77. The van der Waals surface area contributed by atoms with Crippen molar-refractivity contribution >= 4 is 35.3 Å². The summed E-state index contributed by atoms with van der Waals surface area (Å²) in [6.07, 6.45) is 1.29. The molecule has 8 rings (SSSR count). The van der Waals surface area contributed by atoms with Crippen molar-refractivity contribution in [1.82, 2.24) is 5.01 Å². The third-order valence-corrected chi connectivity index (χ3v) is 8.01. The van der Waals surface area contributed by atoms with Crippen LogP contribution >= 0.6 is 11.6 Å². The van der Waals surface area contributed by atoms with Crippen LogP contribution in [0.4, 0.5) is 5.69 Å². The van der Waals surface area contributed by atoms with Crippen molar-refractivity contribution in [2.24, 2.45) is 16.9 Å². The van der Waals surface area contributed by atoms with E-state index in [1.165, 1.54) is 24.4 Å². The highest BCUT2D eigenvalue weighted by molar-refractivity contribution is 6.31. The predicted molar refractivity (Wildman–Crippen MR) is 139 cm³/mol. The minimum Gasteiger partial charge on any atom is -0.455 e. The first-order chi connectivity index (χ1) is 18.4. The number of carbonyl (C=O) groups excluding carboxylic acids is 2. The van der Waals surface area contributed by atoms with Crippen molar-refractivity contribution in [2.75, 3.05) is 0 Å². The number of hydrogen-bond donors (Lipinski definition) is 0. The largest absolute Gasteiger partial charge is 0.455 e. The number of imide groups is 1. The molecule has 0 radical (unpaired) electrons. The van der Waals surface area contributed by atoms with Gasteiger partial charge in [0.25, 0.3) is 17.5 Å². The number of nitro benzene ring substituents is 1. The Bertz CT molecular complexity index is 1590. The predicted octanol–water partition coefficient (Wildman–Crippen LogP) is 5.73. The maximum Gasteiger partial charge on any atom is 0.281 e. The van der Waals surface area contributed by atoms with Gasteiger partial charge in [-0.05, 0) is 46.5 Å². The Balaban J connectivity index is 1.22. The number of benzene rings is 3. The lowest BCUT2D eigenvalue weighted by Gasteiger charge is -2.45. The molecule has 4 aliphatic rings. The highest BCUT2D eigenvalue weighted by Gasteiger charge is 2.61. The summed E-state index contributed by atoms with van der Waals surface area (Å²) in [6, 6.07) is 23.5. The highest BCUT2D eigenvalue weighted by atomic mass is 35.5. The molecule has 186 valence electrons. The van der Waals surface area contributed by atoms with Crippen LogP contribution in [0.3, 0.4) is 0 Å².